The molecule has 41 heavy (non-hydrogen) atoms. The minimum absolute atomic E-state index is 0.0244. The number of urea groups is 1. The lowest BCUT2D eigenvalue weighted by molar-refractivity contribution is 0.0949. The summed E-state index contributed by atoms with van der Waals surface area (Å²) in [6, 6.07) is 12.8. The molecule has 5 heterocycles. The standard InChI is InChI=1S/C28H30N8O4S/c1-29-28(38)36-10-9-21(17-36)35(2)26-6-4-5-23(34-26)24-8-7-18-14-31-20(12-25(18)33-24)15-32-27(37)19-11-22(16-30-13-19)41(3,39)40/h4-8,11-14,16,21H,9-10,15,17H2,1-3H3,(H,29,38)(H,32,37)/t21-/m0/s1. The van der Waals surface area contributed by atoms with Gasteiger partial charge in [0, 0.05) is 63.5 Å². The summed E-state index contributed by atoms with van der Waals surface area (Å²) in [4.78, 5) is 46.4. The Morgan fingerprint density at radius 1 is 1.07 bits per heavy atom. The van der Waals surface area contributed by atoms with E-state index in [2.05, 4.69) is 25.5 Å². The third kappa shape index (κ3) is 6.24. The number of carbonyl (C=O) groups excluding carboxylic acids is 2. The van der Waals surface area contributed by atoms with Crippen LogP contribution in [-0.4, -0.2) is 84.7 Å². The van der Waals surface area contributed by atoms with Crippen LogP contribution < -0.4 is 15.5 Å². The molecule has 0 bridgehead atoms. The number of aromatic nitrogens is 4. The molecule has 0 spiro atoms. The van der Waals surface area contributed by atoms with Crippen LogP contribution in [0.15, 0.2) is 66.0 Å². The highest BCUT2D eigenvalue weighted by molar-refractivity contribution is 7.90. The van der Waals surface area contributed by atoms with Crippen LogP contribution in [0.4, 0.5) is 10.6 Å². The number of sulfone groups is 1. The number of pyridine rings is 4. The normalized spacial score (nSPS) is 15.1. The molecule has 2 N–H and O–H groups in total. The summed E-state index contributed by atoms with van der Waals surface area (Å²) in [5.74, 6) is 0.332. The van der Waals surface area contributed by atoms with Gasteiger partial charge in [0.25, 0.3) is 5.91 Å². The molecule has 12 nitrogen and oxygen atoms in total. The molecule has 1 fully saturated rings. The quantitative estimate of drug-likeness (QED) is 0.339. The molecule has 212 valence electrons. The van der Waals surface area contributed by atoms with Crippen molar-refractivity contribution in [2.24, 2.45) is 0 Å². The highest BCUT2D eigenvalue weighted by atomic mass is 32.2. The Bertz CT molecular complexity index is 1730. The number of anilines is 1. The molecule has 0 unspecified atom stereocenters. The van der Waals surface area contributed by atoms with E-state index in [0.29, 0.717) is 35.7 Å². The van der Waals surface area contributed by atoms with E-state index >= 15 is 0 Å². The Morgan fingerprint density at radius 3 is 2.66 bits per heavy atom. The maximum absolute atomic E-state index is 12.6. The van der Waals surface area contributed by atoms with Crippen molar-refractivity contribution >= 4 is 38.5 Å². The molecule has 13 heteroatoms. The van der Waals surface area contributed by atoms with E-state index in [9.17, 15) is 18.0 Å². The van der Waals surface area contributed by atoms with Gasteiger partial charge in [-0.2, -0.15) is 0 Å². The molecule has 0 aliphatic carbocycles. The zero-order valence-electron chi connectivity index (χ0n) is 22.9. The van der Waals surface area contributed by atoms with Gasteiger partial charge < -0.3 is 20.4 Å². The van der Waals surface area contributed by atoms with Gasteiger partial charge in [0.2, 0.25) is 0 Å². The molecule has 1 aliphatic heterocycles. The lowest BCUT2D eigenvalue weighted by Crippen LogP contribution is -2.40. The molecule has 0 saturated carbocycles. The summed E-state index contributed by atoms with van der Waals surface area (Å²) in [5.41, 5.74) is 2.83. The molecule has 1 saturated heterocycles. The molecule has 3 amide bonds. The molecule has 0 radical (unpaired) electrons. The molecular weight excluding hydrogens is 544 g/mol. The van der Waals surface area contributed by atoms with Crippen LogP contribution in [0.3, 0.4) is 0 Å². The van der Waals surface area contributed by atoms with Crippen molar-refractivity contribution in [3.05, 3.63) is 72.3 Å². The number of amides is 3. The van der Waals surface area contributed by atoms with Gasteiger partial charge in [0.05, 0.1) is 39.6 Å². The van der Waals surface area contributed by atoms with E-state index in [1.807, 2.05) is 37.4 Å². The maximum Gasteiger partial charge on any atom is 0.317 e. The van der Waals surface area contributed by atoms with Crippen molar-refractivity contribution in [3.8, 4) is 11.4 Å². The SMILES string of the molecule is CNC(=O)N1CC[C@H](N(C)c2cccc(-c3ccc4cnc(CNC(=O)c5cncc(S(C)(=O)=O)c5)cc4n3)n2)C1. The number of nitrogens with one attached hydrogen (secondary N) is 2. The minimum Gasteiger partial charge on any atom is -0.355 e. The molecular formula is C28H30N8O4S. The first kappa shape index (κ1) is 27.9. The summed E-state index contributed by atoms with van der Waals surface area (Å²) in [5, 5.41) is 6.27. The summed E-state index contributed by atoms with van der Waals surface area (Å²) >= 11 is 0. The van der Waals surface area contributed by atoms with E-state index < -0.39 is 15.7 Å². The van der Waals surface area contributed by atoms with E-state index in [1.165, 1.54) is 18.5 Å². The van der Waals surface area contributed by atoms with Crippen LogP contribution in [0, 0.1) is 0 Å². The number of likely N-dealkylation sites (N-methyl/N-ethyl adjacent to an activating group) is 1. The Hall–Kier alpha value is -4.65. The van der Waals surface area contributed by atoms with Gasteiger partial charge in [0.15, 0.2) is 9.84 Å². The van der Waals surface area contributed by atoms with Crippen LogP contribution in [0.5, 0.6) is 0 Å². The van der Waals surface area contributed by atoms with Gasteiger partial charge in [0.1, 0.15) is 5.82 Å². The van der Waals surface area contributed by atoms with Crippen LogP contribution >= 0.6 is 0 Å². The van der Waals surface area contributed by atoms with Crippen molar-refractivity contribution < 1.29 is 18.0 Å². The van der Waals surface area contributed by atoms with Crippen LogP contribution in [0.2, 0.25) is 0 Å². The van der Waals surface area contributed by atoms with Gasteiger partial charge in [-0.3, -0.25) is 14.8 Å². The molecule has 5 rings (SSSR count). The Balaban J connectivity index is 1.31. The fourth-order valence-electron chi connectivity index (χ4n) is 4.67. The van der Waals surface area contributed by atoms with E-state index in [1.54, 1.807) is 24.2 Å². The zero-order valence-corrected chi connectivity index (χ0v) is 23.7. The number of fused-ring (bicyclic) bond motifs is 1. The first-order valence-corrected chi connectivity index (χ1v) is 14.9. The van der Waals surface area contributed by atoms with Crippen molar-refractivity contribution in [2.45, 2.75) is 23.9 Å². The summed E-state index contributed by atoms with van der Waals surface area (Å²) < 4.78 is 23.6. The number of hydrogen-bond donors (Lipinski definition) is 2. The van der Waals surface area contributed by atoms with Crippen LogP contribution in [0.1, 0.15) is 22.5 Å². The zero-order chi connectivity index (χ0) is 29.1. The van der Waals surface area contributed by atoms with Gasteiger partial charge in [-0.25, -0.2) is 23.2 Å². The number of nitrogens with zero attached hydrogens (tertiary/aromatic N) is 6. The van der Waals surface area contributed by atoms with E-state index in [-0.39, 0.29) is 29.1 Å². The molecule has 4 aromatic heterocycles. The largest absolute Gasteiger partial charge is 0.355 e. The third-order valence-corrected chi connectivity index (χ3v) is 8.11. The number of carbonyl (C=O) groups is 2. The number of rotatable bonds is 7. The second-order valence-electron chi connectivity index (χ2n) is 9.86. The van der Waals surface area contributed by atoms with E-state index in [4.69, 9.17) is 9.97 Å². The van der Waals surface area contributed by atoms with E-state index in [0.717, 1.165) is 23.9 Å². The second kappa shape index (κ2) is 11.5. The predicted molar refractivity (Wildman–Crippen MR) is 154 cm³/mol. The topological polar surface area (TPSA) is 150 Å². The van der Waals surface area contributed by atoms with Gasteiger partial charge in [-0.1, -0.05) is 6.07 Å². The van der Waals surface area contributed by atoms with Crippen molar-refractivity contribution in [2.75, 3.05) is 38.3 Å². The smallest absolute Gasteiger partial charge is 0.317 e. The molecule has 1 aliphatic rings. The summed E-state index contributed by atoms with van der Waals surface area (Å²) in [7, 11) is 0.136. The molecule has 0 aromatic carbocycles. The lowest BCUT2D eigenvalue weighted by atomic mass is 10.1. The highest BCUT2D eigenvalue weighted by Crippen LogP contribution is 2.25. The Morgan fingerprint density at radius 2 is 1.88 bits per heavy atom. The van der Waals surface area contributed by atoms with Gasteiger partial charge >= 0.3 is 6.03 Å². The van der Waals surface area contributed by atoms with Crippen molar-refractivity contribution in [3.63, 3.8) is 0 Å². The number of likely N-dealkylation sites (tertiary alicyclic amines) is 1. The van der Waals surface area contributed by atoms with Gasteiger partial charge in [-0.05, 0) is 42.8 Å². The monoisotopic (exact) mass is 574 g/mol. The fraction of sp³-hybridized carbons (Fsp3) is 0.286. The first-order valence-electron chi connectivity index (χ1n) is 13.0. The van der Waals surface area contributed by atoms with Crippen LogP contribution in [0.25, 0.3) is 22.3 Å². The molecule has 4 aromatic rings. The van der Waals surface area contributed by atoms with Gasteiger partial charge in [-0.15, -0.1) is 0 Å². The first-order chi connectivity index (χ1) is 19.6. The average molecular weight is 575 g/mol. The predicted octanol–water partition coefficient (Wildman–Crippen LogP) is 2.27. The minimum atomic E-state index is -3.48. The lowest BCUT2D eigenvalue weighted by Gasteiger charge is -2.26. The summed E-state index contributed by atoms with van der Waals surface area (Å²) in [6.07, 6.45) is 6.13. The summed E-state index contributed by atoms with van der Waals surface area (Å²) in [6.45, 7) is 1.44. The van der Waals surface area contributed by atoms with Crippen molar-refractivity contribution in [1.82, 2.24) is 35.5 Å². The average Bonchev–Trinajstić information content (AvgIpc) is 3.49. The highest BCUT2D eigenvalue weighted by Gasteiger charge is 2.29. The number of hydrogen-bond acceptors (Lipinski definition) is 9. The third-order valence-electron chi connectivity index (χ3n) is 7.03. The Kier molecular flexibility index (Phi) is 7.79. The van der Waals surface area contributed by atoms with Crippen LogP contribution in [-0.2, 0) is 16.4 Å². The fourth-order valence-corrected chi connectivity index (χ4v) is 5.26. The maximum atomic E-state index is 12.6. The second-order valence-corrected chi connectivity index (χ2v) is 11.9. The van der Waals surface area contributed by atoms with Crippen molar-refractivity contribution in [1.29, 1.82) is 0 Å². The Labute approximate surface area is 237 Å². The molecule has 1 atom stereocenters.